The highest BCUT2D eigenvalue weighted by Crippen LogP contribution is 2.20. The van der Waals surface area contributed by atoms with Gasteiger partial charge in [0.25, 0.3) is 5.91 Å². The molecule has 3 rings (SSSR count). The fraction of sp³-hybridized carbons (Fsp3) is 0.312. The Hall–Kier alpha value is -2.34. The van der Waals surface area contributed by atoms with Gasteiger partial charge in [0.1, 0.15) is 6.10 Å². The minimum atomic E-state index is -0.112. The highest BCUT2D eigenvalue weighted by molar-refractivity contribution is 6.30. The molecular formula is C16H16ClN3O3. The molecule has 0 bridgehead atoms. The summed E-state index contributed by atoms with van der Waals surface area (Å²) in [4.78, 5) is 22.4. The van der Waals surface area contributed by atoms with E-state index in [-0.39, 0.29) is 12.0 Å². The fourth-order valence-electron chi connectivity index (χ4n) is 2.47. The maximum atomic E-state index is 12.5. The molecule has 0 saturated carbocycles. The number of ether oxygens (including phenoxy) is 2. The van der Waals surface area contributed by atoms with E-state index in [4.69, 9.17) is 21.1 Å². The minimum absolute atomic E-state index is 0.0460. The van der Waals surface area contributed by atoms with Crippen LogP contribution in [0.3, 0.4) is 0 Å². The van der Waals surface area contributed by atoms with Gasteiger partial charge >= 0.3 is 0 Å². The van der Waals surface area contributed by atoms with Crippen LogP contribution in [0.2, 0.25) is 5.02 Å². The number of nitrogens with zero attached hydrogens (tertiary/aromatic N) is 3. The van der Waals surface area contributed by atoms with Crippen molar-refractivity contribution in [3.63, 3.8) is 0 Å². The van der Waals surface area contributed by atoms with Gasteiger partial charge in [-0.2, -0.15) is 4.98 Å². The molecule has 120 valence electrons. The quantitative estimate of drug-likeness (QED) is 0.859. The van der Waals surface area contributed by atoms with Gasteiger partial charge in [-0.25, -0.2) is 0 Å². The molecule has 0 spiro atoms. The van der Waals surface area contributed by atoms with Gasteiger partial charge in [-0.3, -0.25) is 9.78 Å². The van der Waals surface area contributed by atoms with E-state index >= 15 is 0 Å². The number of likely N-dealkylation sites (tertiary alicyclic amines) is 1. The number of hydrogen-bond acceptors (Lipinski definition) is 5. The van der Waals surface area contributed by atoms with Crippen molar-refractivity contribution in [1.82, 2.24) is 14.9 Å². The lowest BCUT2D eigenvalue weighted by atomic mass is 10.2. The van der Waals surface area contributed by atoms with Crippen LogP contribution < -0.4 is 9.47 Å². The van der Waals surface area contributed by atoms with E-state index in [0.717, 1.165) is 6.42 Å². The Labute approximate surface area is 139 Å². The van der Waals surface area contributed by atoms with E-state index in [1.807, 2.05) is 0 Å². The zero-order valence-corrected chi connectivity index (χ0v) is 13.4. The Kier molecular flexibility index (Phi) is 4.62. The van der Waals surface area contributed by atoms with E-state index in [2.05, 4.69) is 9.97 Å². The number of carbonyl (C=O) groups excluding carboxylic acids is 1. The Morgan fingerprint density at radius 2 is 2.17 bits per heavy atom. The fourth-order valence-corrected chi connectivity index (χ4v) is 2.66. The number of benzene rings is 1. The summed E-state index contributed by atoms with van der Waals surface area (Å²) in [7, 11) is 1.52. The van der Waals surface area contributed by atoms with Crippen LogP contribution in [-0.4, -0.2) is 47.1 Å². The molecule has 0 N–H and O–H groups in total. The van der Waals surface area contributed by atoms with E-state index < -0.39 is 0 Å². The summed E-state index contributed by atoms with van der Waals surface area (Å²) < 4.78 is 10.8. The van der Waals surface area contributed by atoms with Crippen molar-refractivity contribution in [2.75, 3.05) is 20.2 Å². The number of aromatic nitrogens is 2. The van der Waals surface area contributed by atoms with Crippen molar-refractivity contribution in [1.29, 1.82) is 0 Å². The van der Waals surface area contributed by atoms with Gasteiger partial charge in [0.2, 0.25) is 11.8 Å². The molecule has 1 saturated heterocycles. The first-order valence-electron chi connectivity index (χ1n) is 7.23. The van der Waals surface area contributed by atoms with Crippen molar-refractivity contribution in [2.45, 2.75) is 12.5 Å². The largest absolute Gasteiger partial charge is 0.480 e. The summed E-state index contributed by atoms with van der Waals surface area (Å²) in [6.07, 6.45) is 3.67. The Morgan fingerprint density at radius 1 is 1.35 bits per heavy atom. The van der Waals surface area contributed by atoms with Crippen molar-refractivity contribution < 1.29 is 14.3 Å². The molecule has 1 aliphatic rings. The summed E-state index contributed by atoms with van der Waals surface area (Å²) in [6, 6.07) is 6.95. The molecular weight excluding hydrogens is 318 g/mol. The topological polar surface area (TPSA) is 64.6 Å². The Balaban J connectivity index is 1.63. The van der Waals surface area contributed by atoms with Crippen LogP contribution in [0.25, 0.3) is 0 Å². The molecule has 1 aromatic heterocycles. The van der Waals surface area contributed by atoms with Crippen LogP contribution >= 0.6 is 11.6 Å². The highest BCUT2D eigenvalue weighted by atomic mass is 35.5. The smallest absolute Gasteiger partial charge is 0.254 e. The molecule has 6 nitrogen and oxygen atoms in total. The van der Waals surface area contributed by atoms with E-state index in [0.29, 0.717) is 35.4 Å². The summed E-state index contributed by atoms with van der Waals surface area (Å²) in [6.45, 7) is 1.14. The van der Waals surface area contributed by atoms with Gasteiger partial charge in [0, 0.05) is 23.6 Å². The first-order valence-corrected chi connectivity index (χ1v) is 7.61. The van der Waals surface area contributed by atoms with Gasteiger partial charge in [-0.15, -0.1) is 0 Å². The van der Waals surface area contributed by atoms with Gasteiger partial charge in [-0.1, -0.05) is 17.7 Å². The summed E-state index contributed by atoms with van der Waals surface area (Å²) in [5.41, 5.74) is 0.583. The summed E-state index contributed by atoms with van der Waals surface area (Å²) >= 11 is 5.94. The zero-order valence-electron chi connectivity index (χ0n) is 12.6. The molecule has 7 heteroatoms. The minimum Gasteiger partial charge on any atom is -0.480 e. The van der Waals surface area contributed by atoms with Crippen LogP contribution in [-0.2, 0) is 0 Å². The van der Waals surface area contributed by atoms with Crippen LogP contribution in [0, 0.1) is 0 Å². The third-order valence-electron chi connectivity index (χ3n) is 3.59. The lowest BCUT2D eigenvalue weighted by molar-refractivity contribution is 0.0771. The first-order chi connectivity index (χ1) is 11.2. The molecule has 2 heterocycles. The molecule has 2 aromatic rings. The summed E-state index contributed by atoms with van der Waals surface area (Å²) in [5.74, 6) is 0.745. The number of halogens is 1. The molecule has 1 unspecified atom stereocenters. The molecule has 23 heavy (non-hydrogen) atoms. The lowest BCUT2D eigenvalue weighted by Gasteiger charge is -2.17. The van der Waals surface area contributed by atoms with Crippen LogP contribution in [0.5, 0.6) is 11.8 Å². The second kappa shape index (κ2) is 6.83. The second-order valence-electron chi connectivity index (χ2n) is 5.19. The predicted molar refractivity (Wildman–Crippen MR) is 85.0 cm³/mol. The number of methoxy groups -OCH3 is 1. The van der Waals surface area contributed by atoms with Crippen molar-refractivity contribution in [2.24, 2.45) is 0 Å². The SMILES string of the molecule is COc1cncc(OC2CCN(C(=O)c3cccc(Cl)c3)C2)n1. The number of carbonyl (C=O) groups is 1. The predicted octanol–water partition coefficient (Wildman–Crippen LogP) is 2.43. The van der Waals surface area contributed by atoms with Gasteiger partial charge < -0.3 is 14.4 Å². The third-order valence-corrected chi connectivity index (χ3v) is 3.83. The summed E-state index contributed by atoms with van der Waals surface area (Å²) in [5, 5.41) is 0.550. The second-order valence-corrected chi connectivity index (χ2v) is 5.63. The number of rotatable bonds is 4. The van der Waals surface area contributed by atoms with Crippen molar-refractivity contribution >= 4 is 17.5 Å². The van der Waals surface area contributed by atoms with Gasteiger partial charge in [-0.05, 0) is 18.2 Å². The Bertz CT molecular complexity index is 710. The molecule has 1 atom stereocenters. The normalized spacial score (nSPS) is 17.1. The maximum absolute atomic E-state index is 12.5. The highest BCUT2D eigenvalue weighted by Gasteiger charge is 2.28. The zero-order chi connectivity index (χ0) is 16.2. The van der Waals surface area contributed by atoms with E-state index in [1.54, 1.807) is 29.2 Å². The number of hydrogen-bond donors (Lipinski definition) is 0. The molecule has 0 aliphatic carbocycles. The molecule has 1 fully saturated rings. The van der Waals surface area contributed by atoms with Crippen molar-refractivity contribution in [3.8, 4) is 11.8 Å². The van der Waals surface area contributed by atoms with Crippen LogP contribution in [0.15, 0.2) is 36.7 Å². The standard InChI is InChI=1S/C16H16ClN3O3/c1-22-14-8-18-9-15(19-14)23-13-5-6-20(10-13)16(21)11-3-2-4-12(17)7-11/h2-4,7-9,13H,5-6,10H2,1H3. The monoisotopic (exact) mass is 333 g/mol. The van der Waals surface area contributed by atoms with Crippen molar-refractivity contribution in [3.05, 3.63) is 47.2 Å². The number of amides is 1. The van der Waals surface area contributed by atoms with Gasteiger partial charge in [0.15, 0.2) is 0 Å². The van der Waals surface area contributed by atoms with E-state index in [1.165, 1.54) is 19.5 Å². The average molecular weight is 334 g/mol. The van der Waals surface area contributed by atoms with E-state index in [9.17, 15) is 4.79 Å². The molecule has 0 radical (unpaired) electrons. The maximum Gasteiger partial charge on any atom is 0.254 e. The first kappa shape index (κ1) is 15.6. The molecule has 1 amide bonds. The molecule has 1 aliphatic heterocycles. The average Bonchev–Trinajstić information content (AvgIpc) is 3.03. The van der Waals surface area contributed by atoms with Crippen LogP contribution in [0.4, 0.5) is 0 Å². The van der Waals surface area contributed by atoms with Gasteiger partial charge in [0.05, 0.1) is 26.0 Å². The van der Waals surface area contributed by atoms with Crippen LogP contribution in [0.1, 0.15) is 16.8 Å². The lowest BCUT2D eigenvalue weighted by Crippen LogP contribution is -2.31. The molecule has 1 aromatic carbocycles. The third kappa shape index (κ3) is 3.71. The Morgan fingerprint density at radius 3 is 2.96 bits per heavy atom.